The summed E-state index contributed by atoms with van der Waals surface area (Å²) in [6, 6.07) is 16.0. The number of hydrogen-bond acceptors (Lipinski definition) is 5. The van der Waals surface area contributed by atoms with Gasteiger partial charge in [0.05, 0.1) is 11.0 Å². The second kappa shape index (κ2) is 6.69. The molecule has 5 heteroatoms. The van der Waals surface area contributed by atoms with Crippen molar-refractivity contribution in [1.82, 2.24) is 14.9 Å². The molecular formula is C20H22N4O. The summed E-state index contributed by atoms with van der Waals surface area (Å²) in [6.07, 6.45) is 0. The Labute approximate surface area is 147 Å². The van der Waals surface area contributed by atoms with E-state index in [-0.39, 0.29) is 0 Å². The number of aromatic nitrogens is 2. The number of likely N-dealkylation sites (N-methyl/N-ethyl adjacent to an activating group) is 1. The third-order valence-electron chi connectivity index (χ3n) is 4.56. The van der Waals surface area contributed by atoms with Gasteiger partial charge in [-0.05, 0) is 38.2 Å². The highest BCUT2D eigenvalue weighted by Crippen LogP contribution is 2.31. The number of benzene rings is 2. The second-order valence-electron chi connectivity index (χ2n) is 6.55. The molecule has 0 unspecified atom stereocenters. The largest absolute Gasteiger partial charge is 0.436 e. The standard InChI is InChI=1S/C20H22N4O/c1-15-7-9-16(10-8-15)25-20-19(24-13-11-23(2)12-14-24)21-17-5-3-4-6-18(17)22-20/h3-10H,11-14H2,1-2H3. The Morgan fingerprint density at radius 2 is 1.48 bits per heavy atom. The quantitative estimate of drug-likeness (QED) is 0.733. The van der Waals surface area contributed by atoms with Gasteiger partial charge in [-0.3, -0.25) is 0 Å². The molecule has 0 radical (unpaired) electrons. The van der Waals surface area contributed by atoms with Crippen LogP contribution in [0.5, 0.6) is 11.6 Å². The first-order chi connectivity index (χ1) is 12.2. The fourth-order valence-electron chi connectivity index (χ4n) is 2.99. The first-order valence-electron chi connectivity index (χ1n) is 8.64. The molecule has 4 rings (SSSR count). The van der Waals surface area contributed by atoms with E-state index in [1.54, 1.807) is 0 Å². The van der Waals surface area contributed by atoms with Crippen LogP contribution in [0.25, 0.3) is 11.0 Å². The van der Waals surface area contributed by atoms with Gasteiger partial charge in [0.1, 0.15) is 5.75 Å². The van der Waals surface area contributed by atoms with Gasteiger partial charge >= 0.3 is 0 Å². The fourth-order valence-corrected chi connectivity index (χ4v) is 2.99. The molecule has 1 aliphatic heterocycles. The summed E-state index contributed by atoms with van der Waals surface area (Å²) in [4.78, 5) is 14.2. The Kier molecular flexibility index (Phi) is 4.24. The third-order valence-corrected chi connectivity index (χ3v) is 4.56. The SMILES string of the molecule is Cc1ccc(Oc2nc3ccccc3nc2N2CCN(C)CC2)cc1. The molecule has 2 heterocycles. The normalized spacial score (nSPS) is 15.5. The molecule has 0 N–H and O–H groups in total. The molecule has 1 saturated heterocycles. The zero-order valence-corrected chi connectivity index (χ0v) is 14.6. The summed E-state index contributed by atoms with van der Waals surface area (Å²) in [5.41, 5.74) is 2.95. The fraction of sp³-hybridized carbons (Fsp3) is 0.300. The molecule has 0 atom stereocenters. The molecule has 25 heavy (non-hydrogen) atoms. The first kappa shape index (κ1) is 15.8. The van der Waals surface area contributed by atoms with Gasteiger partial charge in [-0.2, -0.15) is 0 Å². The van der Waals surface area contributed by atoms with E-state index in [2.05, 4.69) is 23.8 Å². The molecule has 0 spiro atoms. The van der Waals surface area contributed by atoms with Crippen molar-refractivity contribution < 1.29 is 4.74 Å². The lowest BCUT2D eigenvalue weighted by molar-refractivity contribution is 0.310. The number of para-hydroxylation sites is 2. The Bertz CT molecular complexity index is 871. The Morgan fingerprint density at radius 1 is 0.840 bits per heavy atom. The van der Waals surface area contributed by atoms with Crippen LogP contribution in [0, 0.1) is 6.92 Å². The van der Waals surface area contributed by atoms with Crippen molar-refractivity contribution >= 4 is 16.9 Å². The van der Waals surface area contributed by atoms with Crippen LogP contribution in [0.2, 0.25) is 0 Å². The molecule has 2 aromatic carbocycles. The Balaban J connectivity index is 1.74. The molecule has 5 nitrogen and oxygen atoms in total. The summed E-state index contributed by atoms with van der Waals surface area (Å²) in [5.74, 6) is 2.19. The number of rotatable bonds is 3. The topological polar surface area (TPSA) is 41.5 Å². The van der Waals surface area contributed by atoms with Gasteiger partial charge in [-0.25, -0.2) is 9.97 Å². The molecule has 1 fully saturated rings. The van der Waals surface area contributed by atoms with Gasteiger partial charge in [0.25, 0.3) is 5.88 Å². The van der Waals surface area contributed by atoms with Gasteiger partial charge < -0.3 is 14.5 Å². The molecule has 0 bridgehead atoms. The molecule has 0 amide bonds. The van der Waals surface area contributed by atoms with Crippen molar-refractivity contribution in [1.29, 1.82) is 0 Å². The van der Waals surface area contributed by atoms with Crippen LogP contribution in [-0.4, -0.2) is 48.1 Å². The molecule has 0 saturated carbocycles. The number of piperazine rings is 1. The van der Waals surface area contributed by atoms with Crippen LogP contribution in [0.1, 0.15) is 5.56 Å². The zero-order valence-electron chi connectivity index (χ0n) is 14.6. The van der Waals surface area contributed by atoms with Crippen molar-refractivity contribution in [2.45, 2.75) is 6.92 Å². The van der Waals surface area contributed by atoms with E-state index in [1.165, 1.54) is 5.56 Å². The highest BCUT2D eigenvalue weighted by Gasteiger charge is 2.21. The van der Waals surface area contributed by atoms with Gasteiger partial charge in [0.15, 0.2) is 5.82 Å². The first-order valence-corrected chi connectivity index (χ1v) is 8.64. The summed E-state index contributed by atoms with van der Waals surface area (Å²) < 4.78 is 6.12. The number of hydrogen-bond donors (Lipinski definition) is 0. The maximum atomic E-state index is 6.12. The van der Waals surface area contributed by atoms with Crippen LogP contribution in [-0.2, 0) is 0 Å². The molecule has 128 valence electrons. The van der Waals surface area contributed by atoms with Gasteiger partial charge in [-0.1, -0.05) is 29.8 Å². The minimum atomic E-state index is 0.576. The van der Waals surface area contributed by atoms with Gasteiger partial charge in [0.2, 0.25) is 0 Å². The Hall–Kier alpha value is -2.66. The van der Waals surface area contributed by atoms with Crippen LogP contribution < -0.4 is 9.64 Å². The van der Waals surface area contributed by atoms with E-state index in [0.717, 1.165) is 48.8 Å². The predicted octanol–water partition coefficient (Wildman–Crippen LogP) is 3.48. The van der Waals surface area contributed by atoms with E-state index in [0.29, 0.717) is 5.88 Å². The predicted molar refractivity (Wildman–Crippen MR) is 101 cm³/mol. The number of ether oxygens (including phenoxy) is 1. The van der Waals surface area contributed by atoms with Crippen molar-refractivity contribution in [2.24, 2.45) is 0 Å². The van der Waals surface area contributed by atoms with Crippen LogP contribution >= 0.6 is 0 Å². The Morgan fingerprint density at radius 3 is 2.16 bits per heavy atom. The number of anilines is 1. The van der Waals surface area contributed by atoms with E-state index in [1.807, 2.05) is 48.5 Å². The van der Waals surface area contributed by atoms with Gasteiger partial charge in [-0.15, -0.1) is 0 Å². The molecular weight excluding hydrogens is 312 g/mol. The zero-order chi connectivity index (χ0) is 17.2. The second-order valence-corrected chi connectivity index (χ2v) is 6.55. The van der Waals surface area contributed by atoms with E-state index in [9.17, 15) is 0 Å². The van der Waals surface area contributed by atoms with E-state index in [4.69, 9.17) is 14.7 Å². The minimum Gasteiger partial charge on any atom is -0.436 e. The third kappa shape index (κ3) is 3.42. The lowest BCUT2D eigenvalue weighted by atomic mass is 10.2. The lowest BCUT2D eigenvalue weighted by Gasteiger charge is -2.33. The smallest absolute Gasteiger partial charge is 0.263 e. The summed E-state index contributed by atoms with van der Waals surface area (Å²) in [6.45, 7) is 5.94. The molecule has 0 aliphatic carbocycles. The number of nitrogens with zero attached hydrogens (tertiary/aromatic N) is 4. The van der Waals surface area contributed by atoms with Crippen molar-refractivity contribution in [2.75, 3.05) is 38.1 Å². The van der Waals surface area contributed by atoms with Gasteiger partial charge in [0, 0.05) is 26.2 Å². The lowest BCUT2D eigenvalue weighted by Crippen LogP contribution is -2.45. The number of fused-ring (bicyclic) bond motifs is 1. The minimum absolute atomic E-state index is 0.576. The average molecular weight is 334 g/mol. The highest BCUT2D eigenvalue weighted by molar-refractivity contribution is 5.77. The van der Waals surface area contributed by atoms with Crippen molar-refractivity contribution in [3.05, 3.63) is 54.1 Å². The molecule has 1 aliphatic rings. The maximum absolute atomic E-state index is 6.12. The van der Waals surface area contributed by atoms with Crippen molar-refractivity contribution in [3.63, 3.8) is 0 Å². The van der Waals surface area contributed by atoms with Crippen LogP contribution in [0.15, 0.2) is 48.5 Å². The summed E-state index contributed by atoms with van der Waals surface area (Å²) >= 11 is 0. The van der Waals surface area contributed by atoms with E-state index >= 15 is 0 Å². The summed E-state index contributed by atoms with van der Waals surface area (Å²) in [5, 5.41) is 0. The van der Waals surface area contributed by atoms with Crippen LogP contribution in [0.3, 0.4) is 0 Å². The number of aryl methyl sites for hydroxylation is 1. The van der Waals surface area contributed by atoms with E-state index < -0.39 is 0 Å². The average Bonchev–Trinajstić information content (AvgIpc) is 2.64. The molecule has 3 aromatic rings. The maximum Gasteiger partial charge on any atom is 0.263 e. The highest BCUT2D eigenvalue weighted by atomic mass is 16.5. The monoisotopic (exact) mass is 334 g/mol. The molecule has 1 aromatic heterocycles. The summed E-state index contributed by atoms with van der Waals surface area (Å²) in [7, 11) is 2.15. The van der Waals surface area contributed by atoms with Crippen molar-refractivity contribution in [3.8, 4) is 11.6 Å². The van der Waals surface area contributed by atoms with Crippen LogP contribution in [0.4, 0.5) is 5.82 Å².